The summed E-state index contributed by atoms with van der Waals surface area (Å²) >= 11 is 17.4. The Morgan fingerprint density at radius 2 is 1.71 bits per heavy atom. The van der Waals surface area contributed by atoms with E-state index in [2.05, 4.69) is 5.32 Å². The van der Waals surface area contributed by atoms with Gasteiger partial charge in [0.25, 0.3) is 5.91 Å². The monoisotopic (exact) mass is 343 g/mol. The molecule has 0 radical (unpaired) electrons. The van der Waals surface area contributed by atoms with Gasteiger partial charge in [-0.2, -0.15) is 0 Å². The highest BCUT2D eigenvalue weighted by Gasteiger charge is 2.05. The van der Waals surface area contributed by atoms with E-state index < -0.39 is 0 Å². The Bertz CT molecular complexity index is 629. The zero-order chi connectivity index (χ0) is 15.2. The lowest BCUT2D eigenvalue weighted by molar-refractivity contribution is -0.123. The quantitative estimate of drug-likeness (QED) is 0.876. The van der Waals surface area contributed by atoms with E-state index in [1.165, 1.54) is 0 Å². The van der Waals surface area contributed by atoms with Crippen molar-refractivity contribution < 1.29 is 9.53 Å². The fourth-order valence-electron chi connectivity index (χ4n) is 1.57. The van der Waals surface area contributed by atoms with Gasteiger partial charge in [0.05, 0.1) is 10.0 Å². The zero-order valence-corrected chi connectivity index (χ0v) is 13.2. The predicted molar refractivity (Wildman–Crippen MR) is 85.3 cm³/mol. The normalized spacial score (nSPS) is 10.2. The largest absolute Gasteiger partial charge is 0.484 e. The molecule has 6 heteroatoms. The van der Waals surface area contributed by atoms with Crippen LogP contribution in [0.1, 0.15) is 5.56 Å². The average Bonchev–Trinajstić information content (AvgIpc) is 2.48. The molecule has 0 aliphatic rings. The van der Waals surface area contributed by atoms with Crippen LogP contribution in [0.3, 0.4) is 0 Å². The first-order chi connectivity index (χ1) is 10.0. The van der Waals surface area contributed by atoms with E-state index >= 15 is 0 Å². The molecule has 1 N–H and O–H groups in total. The van der Waals surface area contributed by atoms with Crippen LogP contribution in [-0.2, 0) is 11.3 Å². The van der Waals surface area contributed by atoms with Crippen molar-refractivity contribution >= 4 is 40.7 Å². The molecular formula is C15H12Cl3NO2. The third kappa shape index (κ3) is 5.12. The highest BCUT2D eigenvalue weighted by molar-refractivity contribution is 6.42. The molecule has 0 aliphatic carbocycles. The Labute approximate surface area is 137 Å². The lowest BCUT2D eigenvalue weighted by atomic mass is 10.2. The van der Waals surface area contributed by atoms with Crippen LogP contribution in [-0.4, -0.2) is 12.5 Å². The first-order valence-electron chi connectivity index (χ1n) is 6.13. The number of hydrogen-bond donors (Lipinski definition) is 1. The first-order valence-corrected chi connectivity index (χ1v) is 7.27. The summed E-state index contributed by atoms with van der Waals surface area (Å²) in [6.07, 6.45) is 0. The number of nitrogens with one attached hydrogen (secondary N) is 1. The summed E-state index contributed by atoms with van der Waals surface area (Å²) in [5.41, 5.74) is 0.960. The van der Waals surface area contributed by atoms with Crippen LogP contribution in [0.25, 0.3) is 0 Å². The van der Waals surface area contributed by atoms with Gasteiger partial charge in [0.15, 0.2) is 6.61 Å². The van der Waals surface area contributed by atoms with E-state index in [0.29, 0.717) is 27.4 Å². The highest BCUT2D eigenvalue weighted by atomic mass is 35.5. The molecule has 0 atom stereocenters. The van der Waals surface area contributed by atoms with Crippen molar-refractivity contribution in [3.05, 3.63) is 63.1 Å². The van der Waals surface area contributed by atoms with Crippen molar-refractivity contribution in [3.8, 4) is 5.75 Å². The summed E-state index contributed by atoms with van der Waals surface area (Å²) in [7, 11) is 0. The molecular weight excluding hydrogens is 333 g/mol. The smallest absolute Gasteiger partial charge is 0.258 e. The number of carbonyl (C=O) groups is 1. The lowest BCUT2D eigenvalue weighted by Crippen LogP contribution is -2.28. The Balaban J connectivity index is 1.79. The molecule has 0 saturated carbocycles. The van der Waals surface area contributed by atoms with Crippen LogP contribution in [0.2, 0.25) is 15.1 Å². The van der Waals surface area contributed by atoms with Gasteiger partial charge in [-0.15, -0.1) is 0 Å². The number of ether oxygens (including phenoxy) is 1. The maximum Gasteiger partial charge on any atom is 0.258 e. The molecule has 0 heterocycles. The first kappa shape index (κ1) is 16.0. The van der Waals surface area contributed by atoms with Gasteiger partial charge >= 0.3 is 0 Å². The molecule has 2 aromatic carbocycles. The molecule has 0 spiro atoms. The van der Waals surface area contributed by atoms with E-state index in [0.717, 1.165) is 5.56 Å². The van der Waals surface area contributed by atoms with Gasteiger partial charge in [-0.05, 0) is 29.8 Å². The van der Waals surface area contributed by atoms with Crippen molar-refractivity contribution in [1.82, 2.24) is 5.32 Å². The summed E-state index contributed by atoms with van der Waals surface area (Å²) in [5, 5.41) is 4.23. The molecule has 110 valence electrons. The molecule has 3 nitrogen and oxygen atoms in total. The Kier molecular flexibility index (Phi) is 5.74. The minimum Gasteiger partial charge on any atom is -0.484 e. The molecule has 0 bridgehead atoms. The zero-order valence-electron chi connectivity index (χ0n) is 10.9. The third-order valence-electron chi connectivity index (χ3n) is 2.66. The van der Waals surface area contributed by atoms with Crippen LogP contribution in [0.15, 0.2) is 42.5 Å². The van der Waals surface area contributed by atoms with E-state index in [1.807, 2.05) is 12.1 Å². The summed E-state index contributed by atoms with van der Waals surface area (Å²) < 4.78 is 5.33. The Morgan fingerprint density at radius 3 is 2.38 bits per heavy atom. The second-order valence-corrected chi connectivity index (χ2v) is 5.52. The molecule has 21 heavy (non-hydrogen) atoms. The third-order valence-corrected chi connectivity index (χ3v) is 3.65. The number of hydrogen-bond acceptors (Lipinski definition) is 2. The van der Waals surface area contributed by atoms with Crippen LogP contribution in [0.5, 0.6) is 5.75 Å². The van der Waals surface area contributed by atoms with Crippen LogP contribution in [0.4, 0.5) is 0 Å². The number of halogens is 3. The van der Waals surface area contributed by atoms with E-state index in [4.69, 9.17) is 39.5 Å². The van der Waals surface area contributed by atoms with Gasteiger partial charge in [0, 0.05) is 17.6 Å². The summed E-state index contributed by atoms with van der Waals surface area (Å²) in [5.74, 6) is 0.266. The molecule has 0 aromatic heterocycles. The second-order valence-electron chi connectivity index (χ2n) is 4.27. The molecule has 2 aromatic rings. The fourth-order valence-corrected chi connectivity index (χ4v) is 1.98. The van der Waals surface area contributed by atoms with Gasteiger partial charge in [-0.3, -0.25) is 4.79 Å². The van der Waals surface area contributed by atoms with Crippen molar-refractivity contribution in [1.29, 1.82) is 0 Å². The lowest BCUT2D eigenvalue weighted by Gasteiger charge is -2.08. The maximum atomic E-state index is 11.7. The second kappa shape index (κ2) is 7.55. The molecule has 0 saturated heterocycles. The minimum atomic E-state index is -0.226. The van der Waals surface area contributed by atoms with Crippen molar-refractivity contribution in [2.45, 2.75) is 6.54 Å². The maximum absolute atomic E-state index is 11.7. The van der Waals surface area contributed by atoms with Crippen molar-refractivity contribution in [2.24, 2.45) is 0 Å². The minimum absolute atomic E-state index is 0.0917. The highest BCUT2D eigenvalue weighted by Crippen LogP contribution is 2.26. The Hall–Kier alpha value is -1.42. The van der Waals surface area contributed by atoms with Crippen LogP contribution >= 0.6 is 34.8 Å². The molecule has 1 amide bonds. The van der Waals surface area contributed by atoms with Gasteiger partial charge in [0.2, 0.25) is 0 Å². The summed E-state index contributed by atoms with van der Waals surface area (Å²) in [6, 6.07) is 12.1. The standard InChI is InChI=1S/C15H12Cl3NO2/c16-11-3-1-10(2-4-11)8-19-15(20)9-21-12-5-6-13(17)14(18)7-12/h1-7H,8-9H2,(H,19,20). The Morgan fingerprint density at radius 1 is 1.00 bits per heavy atom. The fraction of sp³-hybridized carbons (Fsp3) is 0.133. The van der Waals surface area contributed by atoms with Gasteiger partial charge < -0.3 is 10.1 Å². The molecule has 0 aliphatic heterocycles. The number of benzene rings is 2. The van der Waals surface area contributed by atoms with Gasteiger partial charge in [-0.1, -0.05) is 46.9 Å². The van der Waals surface area contributed by atoms with Gasteiger partial charge in [0.1, 0.15) is 5.75 Å². The van der Waals surface area contributed by atoms with Crippen LogP contribution < -0.4 is 10.1 Å². The molecule has 0 fully saturated rings. The SMILES string of the molecule is O=C(COc1ccc(Cl)c(Cl)c1)NCc1ccc(Cl)cc1. The van der Waals surface area contributed by atoms with Crippen LogP contribution in [0, 0.1) is 0 Å². The number of amides is 1. The van der Waals surface area contributed by atoms with E-state index in [1.54, 1.807) is 30.3 Å². The van der Waals surface area contributed by atoms with E-state index in [-0.39, 0.29) is 12.5 Å². The van der Waals surface area contributed by atoms with E-state index in [9.17, 15) is 4.79 Å². The van der Waals surface area contributed by atoms with Crippen molar-refractivity contribution in [3.63, 3.8) is 0 Å². The predicted octanol–water partition coefficient (Wildman–Crippen LogP) is 4.34. The topological polar surface area (TPSA) is 38.3 Å². The van der Waals surface area contributed by atoms with Gasteiger partial charge in [-0.25, -0.2) is 0 Å². The van der Waals surface area contributed by atoms with Crippen molar-refractivity contribution in [2.75, 3.05) is 6.61 Å². The summed E-state index contributed by atoms with van der Waals surface area (Å²) in [6.45, 7) is 0.326. The average molecular weight is 345 g/mol. The molecule has 0 unspecified atom stereocenters. The number of carbonyl (C=O) groups excluding carboxylic acids is 1. The number of rotatable bonds is 5. The summed E-state index contributed by atoms with van der Waals surface area (Å²) in [4.78, 5) is 11.7. The molecule has 2 rings (SSSR count).